The van der Waals surface area contributed by atoms with E-state index in [0.29, 0.717) is 42.5 Å². The average molecular weight is 333 g/mol. The third kappa shape index (κ3) is 4.33. The van der Waals surface area contributed by atoms with E-state index in [0.717, 1.165) is 0 Å². The number of halogens is 1. The number of nitrogen functional groups attached to an aromatic ring is 1. The molecule has 1 aliphatic rings. The highest BCUT2D eigenvalue weighted by molar-refractivity contribution is 7.92. The molecule has 0 saturated carbocycles. The van der Waals surface area contributed by atoms with Crippen LogP contribution >= 0.6 is 11.6 Å². The Kier molecular flexibility index (Phi) is 5.08. The zero-order chi connectivity index (χ0) is 15.5. The molecule has 1 aromatic rings. The Morgan fingerprint density at radius 3 is 2.67 bits per heavy atom. The van der Waals surface area contributed by atoms with Crippen LogP contribution in [0.25, 0.3) is 0 Å². The van der Waals surface area contributed by atoms with E-state index in [2.05, 4.69) is 5.32 Å². The molecule has 0 aromatic heterocycles. The highest BCUT2D eigenvalue weighted by atomic mass is 35.5. The molecule has 0 unspecified atom stereocenters. The third-order valence-electron chi connectivity index (χ3n) is 3.30. The van der Waals surface area contributed by atoms with Crippen LogP contribution in [0.5, 0.6) is 0 Å². The van der Waals surface area contributed by atoms with Gasteiger partial charge in [-0.15, -0.1) is 0 Å². The molecule has 8 heteroatoms. The summed E-state index contributed by atoms with van der Waals surface area (Å²) in [6.07, 6.45) is 0.859. The van der Waals surface area contributed by atoms with Crippen molar-refractivity contribution in [3.63, 3.8) is 0 Å². The smallest absolute Gasteiger partial charge is 0.239 e. The number of benzene rings is 1. The van der Waals surface area contributed by atoms with E-state index in [4.69, 9.17) is 22.1 Å². The Hall–Kier alpha value is -1.31. The minimum atomic E-state index is -3.48. The molecule has 0 aliphatic carbocycles. The summed E-state index contributed by atoms with van der Waals surface area (Å²) < 4.78 is 29.4. The van der Waals surface area contributed by atoms with Crippen molar-refractivity contribution in [2.75, 3.05) is 30.0 Å². The Morgan fingerprint density at radius 2 is 2.05 bits per heavy atom. The van der Waals surface area contributed by atoms with Gasteiger partial charge < -0.3 is 15.8 Å². The largest absolute Gasteiger partial charge is 0.397 e. The highest BCUT2D eigenvalue weighted by Crippen LogP contribution is 2.23. The molecule has 1 amide bonds. The van der Waals surface area contributed by atoms with Gasteiger partial charge in [0.1, 0.15) is 5.75 Å². The molecule has 0 radical (unpaired) electrons. The molecule has 6 nitrogen and oxygen atoms in total. The van der Waals surface area contributed by atoms with E-state index in [1.54, 1.807) is 6.07 Å². The Balaban J connectivity index is 2.00. The van der Waals surface area contributed by atoms with Crippen LogP contribution in [-0.4, -0.2) is 38.5 Å². The van der Waals surface area contributed by atoms with Gasteiger partial charge in [-0.05, 0) is 31.0 Å². The van der Waals surface area contributed by atoms with Gasteiger partial charge in [0, 0.05) is 18.2 Å². The molecule has 21 heavy (non-hydrogen) atoms. The van der Waals surface area contributed by atoms with Gasteiger partial charge in [0.15, 0.2) is 9.84 Å². The van der Waals surface area contributed by atoms with Gasteiger partial charge in [-0.2, -0.15) is 0 Å². The van der Waals surface area contributed by atoms with Gasteiger partial charge in [-0.3, -0.25) is 4.79 Å². The van der Waals surface area contributed by atoms with Gasteiger partial charge in [-0.25, -0.2) is 8.42 Å². The van der Waals surface area contributed by atoms with Crippen molar-refractivity contribution in [3.05, 3.63) is 23.2 Å². The summed E-state index contributed by atoms with van der Waals surface area (Å²) >= 11 is 5.76. The van der Waals surface area contributed by atoms with E-state index in [1.807, 2.05) is 0 Å². The number of hydrogen-bond donors (Lipinski definition) is 2. The molecule has 1 aromatic carbocycles. The summed E-state index contributed by atoms with van der Waals surface area (Å²) in [4.78, 5) is 11.9. The number of carbonyl (C=O) groups excluding carboxylic acids is 1. The molecular formula is C13H17ClN2O4S. The first-order valence-electron chi connectivity index (χ1n) is 6.52. The first-order chi connectivity index (χ1) is 9.88. The fraction of sp³-hybridized carbons (Fsp3) is 0.462. The van der Waals surface area contributed by atoms with Crippen molar-refractivity contribution >= 4 is 38.7 Å². The van der Waals surface area contributed by atoms with Crippen LogP contribution in [0, 0.1) is 0 Å². The fourth-order valence-corrected chi connectivity index (χ4v) is 3.93. The number of nitrogens with one attached hydrogen (secondary N) is 1. The van der Waals surface area contributed by atoms with Crippen molar-refractivity contribution < 1.29 is 17.9 Å². The summed E-state index contributed by atoms with van der Waals surface area (Å²) in [5.74, 6) is -1.16. The average Bonchev–Trinajstić information content (AvgIpc) is 2.42. The van der Waals surface area contributed by atoms with Crippen LogP contribution in [0.4, 0.5) is 11.4 Å². The second-order valence-electron chi connectivity index (χ2n) is 4.90. The van der Waals surface area contributed by atoms with Crippen LogP contribution in [0.3, 0.4) is 0 Å². The summed E-state index contributed by atoms with van der Waals surface area (Å²) in [5, 5.41) is 2.43. The van der Waals surface area contributed by atoms with Crippen molar-refractivity contribution in [2.24, 2.45) is 0 Å². The second kappa shape index (κ2) is 6.64. The minimum Gasteiger partial charge on any atom is -0.397 e. The van der Waals surface area contributed by atoms with Gasteiger partial charge in [-0.1, -0.05) is 11.6 Å². The van der Waals surface area contributed by atoms with Crippen molar-refractivity contribution in [3.8, 4) is 0 Å². The SMILES string of the molecule is Nc1cc(Cl)ccc1NC(=O)CS(=O)(=O)C1CCOCC1. The normalized spacial score (nSPS) is 16.6. The fourth-order valence-electron chi connectivity index (χ4n) is 2.17. The van der Waals surface area contributed by atoms with Crippen LogP contribution in [0.15, 0.2) is 18.2 Å². The number of sulfone groups is 1. The van der Waals surface area contributed by atoms with Crippen LogP contribution in [0.2, 0.25) is 5.02 Å². The van der Waals surface area contributed by atoms with Crippen molar-refractivity contribution in [1.82, 2.24) is 0 Å². The maximum atomic E-state index is 12.2. The quantitative estimate of drug-likeness (QED) is 0.813. The lowest BCUT2D eigenvalue weighted by atomic mass is 10.2. The van der Waals surface area contributed by atoms with E-state index in [-0.39, 0.29) is 0 Å². The van der Waals surface area contributed by atoms with Crippen LogP contribution < -0.4 is 11.1 Å². The second-order valence-corrected chi connectivity index (χ2v) is 7.62. The Morgan fingerprint density at radius 1 is 1.38 bits per heavy atom. The number of anilines is 2. The first kappa shape index (κ1) is 16.1. The monoisotopic (exact) mass is 332 g/mol. The van der Waals surface area contributed by atoms with Gasteiger partial charge in [0.2, 0.25) is 5.91 Å². The zero-order valence-corrected chi connectivity index (χ0v) is 12.9. The molecule has 3 N–H and O–H groups in total. The maximum Gasteiger partial charge on any atom is 0.239 e. The Labute approximate surface area is 128 Å². The first-order valence-corrected chi connectivity index (χ1v) is 8.62. The third-order valence-corrected chi connectivity index (χ3v) is 5.68. The predicted octanol–water partition coefficient (Wildman–Crippen LogP) is 1.45. The van der Waals surface area contributed by atoms with E-state index < -0.39 is 26.7 Å². The number of ether oxygens (including phenoxy) is 1. The summed E-state index contributed by atoms with van der Waals surface area (Å²) in [7, 11) is -3.48. The minimum absolute atomic E-state index is 0.291. The molecular weight excluding hydrogens is 316 g/mol. The van der Waals surface area contributed by atoms with E-state index in [1.165, 1.54) is 12.1 Å². The lowest BCUT2D eigenvalue weighted by molar-refractivity contribution is -0.113. The predicted molar refractivity (Wildman–Crippen MR) is 82.1 cm³/mol. The van der Waals surface area contributed by atoms with Crippen molar-refractivity contribution in [2.45, 2.75) is 18.1 Å². The molecule has 0 bridgehead atoms. The standard InChI is InChI=1S/C13H17ClN2O4S/c14-9-1-2-12(11(15)7-9)16-13(17)8-21(18,19)10-3-5-20-6-4-10/h1-2,7,10H,3-6,8,15H2,(H,16,17). The van der Waals surface area contributed by atoms with Gasteiger partial charge >= 0.3 is 0 Å². The van der Waals surface area contributed by atoms with E-state index in [9.17, 15) is 13.2 Å². The lowest BCUT2D eigenvalue weighted by Gasteiger charge is -2.21. The number of nitrogens with two attached hydrogens (primary N) is 1. The number of carbonyl (C=O) groups is 1. The zero-order valence-electron chi connectivity index (χ0n) is 11.3. The summed E-state index contributed by atoms with van der Waals surface area (Å²) in [6.45, 7) is 0.825. The molecule has 2 rings (SSSR count). The molecule has 1 saturated heterocycles. The molecule has 1 heterocycles. The number of rotatable bonds is 4. The maximum absolute atomic E-state index is 12.2. The lowest BCUT2D eigenvalue weighted by Crippen LogP contribution is -2.34. The highest BCUT2D eigenvalue weighted by Gasteiger charge is 2.29. The summed E-state index contributed by atoms with van der Waals surface area (Å²) in [6, 6.07) is 4.60. The molecule has 1 aliphatic heterocycles. The van der Waals surface area contributed by atoms with E-state index >= 15 is 0 Å². The van der Waals surface area contributed by atoms with Crippen molar-refractivity contribution in [1.29, 1.82) is 0 Å². The van der Waals surface area contributed by atoms with Crippen LogP contribution in [0.1, 0.15) is 12.8 Å². The van der Waals surface area contributed by atoms with Crippen LogP contribution in [-0.2, 0) is 19.4 Å². The molecule has 116 valence electrons. The molecule has 0 atom stereocenters. The topological polar surface area (TPSA) is 98.5 Å². The Bertz CT molecular complexity index is 627. The number of amides is 1. The van der Waals surface area contributed by atoms with Gasteiger partial charge in [0.05, 0.1) is 16.6 Å². The molecule has 1 fully saturated rings. The summed E-state index contributed by atoms with van der Waals surface area (Å²) in [5.41, 5.74) is 6.36. The van der Waals surface area contributed by atoms with Gasteiger partial charge in [0.25, 0.3) is 0 Å². The number of hydrogen-bond acceptors (Lipinski definition) is 5. The molecule has 0 spiro atoms.